The fraction of sp³-hybridized carbons (Fsp3) is 0.538. The topological polar surface area (TPSA) is 29.1 Å². The molecule has 0 spiro atoms. The number of fused-ring (bicyclic) bond motifs is 1. The van der Waals surface area contributed by atoms with Crippen molar-refractivity contribution in [3.8, 4) is 0 Å². The van der Waals surface area contributed by atoms with E-state index in [1.807, 2.05) is 12.1 Å². The van der Waals surface area contributed by atoms with Crippen LogP contribution in [-0.2, 0) is 10.8 Å². The Balaban J connectivity index is 2.37. The normalized spacial score (nSPS) is 24.1. The maximum Gasteiger partial charge on any atom is 0.0577 e. The third kappa shape index (κ3) is 2.98. The minimum absolute atomic E-state index is 0.355. The van der Waals surface area contributed by atoms with Gasteiger partial charge in [0.1, 0.15) is 0 Å². The molecule has 1 N–H and O–H groups in total. The van der Waals surface area contributed by atoms with E-state index in [1.165, 1.54) is 5.56 Å². The molecule has 1 heterocycles. The number of benzene rings is 1. The lowest BCUT2D eigenvalue weighted by Gasteiger charge is -2.19. The van der Waals surface area contributed by atoms with E-state index in [4.69, 9.17) is 0 Å². The Hall–Kier alpha value is -0.190. The molecule has 0 bridgehead atoms. The third-order valence-corrected chi connectivity index (χ3v) is 5.56. The first kappa shape index (κ1) is 13.2. The zero-order valence-electron chi connectivity index (χ0n) is 10.0. The summed E-state index contributed by atoms with van der Waals surface area (Å²) >= 11 is 3.53. The molecular formula is C13H18BrNOS. The summed E-state index contributed by atoms with van der Waals surface area (Å²) in [5, 5.41) is 3.56. The van der Waals surface area contributed by atoms with Gasteiger partial charge in [0.2, 0.25) is 0 Å². The van der Waals surface area contributed by atoms with Gasteiger partial charge in [0, 0.05) is 16.3 Å². The van der Waals surface area contributed by atoms with E-state index in [1.54, 1.807) is 0 Å². The highest BCUT2D eigenvalue weighted by Gasteiger charge is 2.23. The predicted molar refractivity (Wildman–Crippen MR) is 75.7 cm³/mol. The molecule has 0 aliphatic carbocycles. The Morgan fingerprint density at radius 3 is 3.12 bits per heavy atom. The van der Waals surface area contributed by atoms with Gasteiger partial charge in [-0.25, -0.2) is 0 Å². The fourth-order valence-electron chi connectivity index (χ4n) is 2.25. The molecule has 0 aromatic heterocycles. The van der Waals surface area contributed by atoms with Crippen LogP contribution < -0.4 is 5.32 Å². The molecule has 2 rings (SSSR count). The molecule has 94 valence electrons. The molecule has 1 aliphatic heterocycles. The minimum atomic E-state index is -0.857. The molecule has 1 aromatic carbocycles. The molecule has 2 unspecified atom stereocenters. The highest BCUT2D eigenvalue weighted by molar-refractivity contribution is 9.10. The number of hydrogen-bond donors (Lipinski definition) is 1. The molecule has 0 radical (unpaired) electrons. The summed E-state index contributed by atoms with van der Waals surface area (Å²) in [4.78, 5) is 0.999. The van der Waals surface area contributed by atoms with E-state index in [0.717, 1.165) is 40.9 Å². The van der Waals surface area contributed by atoms with Crippen LogP contribution in [0, 0.1) is 0 Å². The van der Waals surface area contributed by atoms with E-state index in [2.05, 4.69) is 34.2 Å². The first-order valence-corrected chi connectivity index (χ1v) is 8.25. The molecule has 4 heteroatoms. The summed E-state index contributed by atoms with van der Waals surface area (Å²) in [7, 11) is -0.857. The molecule has 17 heavy (non-hydrogen) atoms. The summed E-state index contributed by atoms with van der Waals surface area (Å²) in [5.41, 5.74) is 1.21. The second kappa shape index (κ2) is 6.12. The Labute approximate surface area is 114 Å². The van der Waals surface area contributed by atoms with Crippen LogP contribution >= 0.6 is 15.9 Å². The quantitative estimate of drug-likeness (QED) is 0.926. The first-order valence-electron chi connectivity index (χ1n) is 6.14. The highest BCUT2D eigenvalue weighted by atomic mass is 79.9. The third-order valence-electron chi connectivity index (χ3n) is 3.06. The second-order valence-corrected chi connectivity index (χ2v) is 6.72. The minimum Gasteiger partial charge on any atom is -0.310 e. The predicted octanol–water partition coefficient (Wildman–Crippen LogP) is 3.39. The van der Waals surface area contributed by atoms with Gasteiger partial charge in [-0.2, -0.15) is 0 Å². The van der Waals surface area contributed by atoms with Crippen molar-refractivity contribution in [2.24, 2.45) is 0 Å². The Bertz CT molecular complexity index is 422. The van der Waals surface area contributed by atoms with E-state index >= 15 is 0 Å². The van der Waals surface area contributed by atoms with Crippen molar-refractivity contribution in [2.45, 2.75) is 37.1 Å². The Morgan fingerprint density at radius 1 is 1.53 bits per heavy atom. The molecule has 0 amide bonds. The molecule has 0 saturated heterocycles. The van der Waals surface area contributed by atoms with Crippen LogP contribution in [0.5, 0.6) is 0 Å². The van der Waals surface area contributed by atoms with Crippen molar-refractivity contribution in [3.63, 3.8) is 0 Å². The number of rotatable bonds is 3. The number of nitrogens with one attached hydrogen (secondary N) is 1. The van der Waals surface area contributed by atoms with Crippen LogP contribution in [0.15, 0.2) is 27.6 Å². The van der Waals surface area contributed by atoms with Gasteiger partial charge >= 0.3 is 0 Å². The van der Waals surface area contributed by atoms with Gasteiger partial charge in [-0.15, -0.1) is 0 Å². The van der Waals surface area contributed by atoms with E-state index < -0.39 is 10.8 Å². The van der Waals surface area contributed by atoms with Gasteiger partial charge in [-0.1, -0.05) is 19.1 Å². The summed E-state index contributed by atoms with van der Waals surface area (Å²) in [6.07, 6.45) is 3.23. The summed E-state index contributed by atoms with van der Waals surface area (Å²) in [6, 6.07) is 6.48. The van der Waals surface area contributed by atoms with Crippen molar-refractivity contribution < 1.29 is 4.21 Å². The smallest absolute Gasteiger partial charge is 0.0577 e. The molecule has 2 atom stereocenters. The average Bonchev–Trinajstić information content (AvgIpc) is 2.47. The molecule has 0 saturated carbocycles. The van der Waals surface area contributed by atoms with Crippen LogP contribution in [0.4, 0.5) is 0 Å². The maximum absolute atomic E-state index is 12.2. The van der Waals surface area contributed by atoms with Gasteiger partial charge in [-0.3, -0.25) is 4.21 Å². The van der Waals surface area contributed by atoms with Crippen molar-refractivity contribution >= 4 is 26.7 Å². The lowest BCUT2D eigenvalue weighted by atomic mass is 10.0. The largest absolute Gasteiger partial charge is 0.310 e. The number of hydrogen-bond acceptors (Lipinski definition) is 2. The average molecular weight is 316 g/mol. The summed E-state index contributed by atoms with van der Waals surface area (Å²) in [5.74, 6) is 0.778. The van der Waals surface area contributed by atoms with Crippen molar-refractivity contribution in [2.75, 3.05) is 12.3 Å². The SMILES string of the molecule is CCCNC1CCCS(=O)c2c(Br)cccc21. The summed E-state index contributed by atoms with van der Waals surface area (Å²) < 4.78 is 13.2. The molecule has 1 aromatic rings. The van der Waals surface area contributed by atoms with E-state index in [9.17, 15) is 4.21 Å². The first-order chi connectivity index (χ1) is 8.24. The van der Waals surface area contributed by atoms with Crippen LogP contribution in [0.2, 0.25) is 0 Å². The maximum atomic E-state index is 12.2. The molecule has 2 nitrogen and oxygen atoms in total. The number of halogens is 1. The van der Waals surface area contributed by atoms with Gasteiger partial charge in [-0.05, 0) is 53.4 Å². The van der Waals surface area contributed by atoms with E-state index in [-0.39, 0.29) is 0 Å². The lowest BCUT2D eigenvalue weighted by molar-refractivity contribution is 0.493. The van der Waals surface area contributed by atoms with Crippen molar-refractivity contribution in [1.29, 1.82) is 0 Å². The van der Waals surface area contributed by atoms with Crippen LogP contribution in [0.25, 0.3) is 0 Å². The van der Waals surface area contributed by atoms with Gasteiger partial charge in [0.05, 0.1) is 15.7 Å². The Kier molecular flexibility index (Phi) is 4.77. The van der Waals surface area contributed by atoms with Crippen LogP contribution in [-0.4, -0.2) is 16.5 Å². The monoisotopic (exact) mass is 315 g/mol. The zero-order valence-corrected chi connectivity index (χ0v) is 12.4. The van der Waals surface area contributed by atoms with Gasteiger partial charge < -0.3 is 5.32 Å². The van der Waals surface area contributed by atoms with Crippen LogP contribution in [0.3, 0.4) is 0 Å². The summed E-state index contributed by atoms with van der Waals surface area (Å²) in [6.45, 7) is 3.19. The molecule has 0 fully saturated rings. The molecule has 1 aliphatic rings. The van der Waals surface area contributed by atoms with Gasteiger partial charge in [0.25, 0.3) is 0 Å². The zero-order chi connectivity index (χ0) is 12.3. The van der Waals surface area contributed by atoms with Crippen molar-refractivity contribution in [1.82, 2.24) is 5.32 Å². The highest BCUT2D eigenvalue weighted by Crippen LogP contribution is 2.33. The molecular weight excluding hydrogens is 298 g/mol. The Morgan fingerprint density at radius 2 is 2.35 bits per heavy atom. The van der Waals surface area contributed by atoms with E-state index in [0.29, 0.717) is 6.04 Å². The van der Waals surface area contributed by atoms with Crippen LogP contribution in [0.1, 0.15) is 37.8 Å². The van der Waals surface area contributed by atoms with Gasteiger partial charge in [0.15, 0.2) is 0 Å². The second-order valence-electron chi connectivity index (χ2n) is 4.36. The fourth-order valence-corrected chi connectivity index (χ4v) is 4.56. The lowest BCUT2D eigenvalue weighted by Crippen LogP contribution is -2.22. The standard InChI is InChI=1S/C13H18BrNOS/c1-2-8-15-12-7-4-9-17(16)13-10(12)5-3-6-11(13)14/h3,5-6,12,15H,2,4,7-9H2,1H3. The van der Waals surface area contributed by atoms with Crippen molar-refractivity contribution in [3.05, 3.63) is 28.2 Å².